The van der Waals surface area contributed by atoms with Gasteiger partial charge in [0.15, 0.2) is 0 Å². The quantitative estimate of drug-likeness (QED) is 0.284. The molecule has 0 saturated heterocycles. The molecule has 1 aromatic carbocycles. The molecule has 1 N–H and O–H groups in total. The zero-order valence-corrected chi connectivity index (χ0v) is 9.12. The molecular weight excluding hydrogens is 226 g/mol. The summed E-state index contributed by atoms with van der Waals surface area (Å²) in [7, 11) is 0. The lowest BCUT2D eigenvalue weighted by Gasteiger charge is -2.01. The number of benzene rings is 1. The van der Waals surface area contributed by atoms with E-state index in [2.05, 4.69) is 4.74 Å². The highest BCUT2D eigenvalue weighted by Crippen LogP contribution is 2.23. The van der Waals surface area contributed by atoms with Gasteiger partial charge in [-0.25, -0.2) is 4.79 Å². The first-order valence-electron chi connectivity index (χ1n) is 4.87. The van der Waals surface area contributed by atoms with Gasteiger partial charge in [-0.15, -0.1) is 0 Å². The first-order valence-corrected chi connectivity index (χ1v) is 4.87. The third-order valence-corrected chi connectivity index (χ3v) is 1.92. The summed E-state index contributed by atoms with van der Waals surface area (Å²) in [5.41, 5.74) is -0.295. The SMILES string of the molecule is CCOC(=O)C=C(O)c1ccccc1[N+](=O)[O-]. The van der Waals surface area contributed by atoms with Crippen molar-refractivity contribution in [2.75, 3.05) is 6.61 Å². The molecule has 0 aliphatic rings. The van der Waals surface area contributed by atoms with Crippen molar-refractivity contribution in [3.05, 3.63) is 46.0 Å². The molecule has 0 aliphatic heterocycles. The Labute approximate surface area is 97.3 Å². The van der Waals surface area contributed by atoms with Crippen molar-refractivity contribution >= 4 is 17.4 Å². The Hall–Kier alpha value is -2.37. The minimum atomic E-state index is -0.747. The maximum atomic E-state index is 11.1. The minimum Gasteiger partial charge on any atom is -0.507 e. The number of nitro groups is 1. The van der Waals surface area contributed by atoms with E-state index in [1.165, 1.54) is 24.3 Å². The van der Waals surface area contributed by atoms with E-state index in [4.69, 9.17) is 0 Å². The predicted molar refractivity (Wildman–Crippen MR) is 60.3 cm³/mol. The van der Waals surface area contributed by atoms with Crippen LogP contribution in [0.1, 0.15) is 12.5 Å². The van der Waals surface area contributed by atoms with E-state index in [1.807, 2.05) is 0 Å². The number of rotatable bonds is 4. The van der Waals surface area contributed by atoms with Crippen LogP contribution >= 0.6 is 0 Å². The number of carbonyl (C=O) groups excluding carboxylic acids is 1. The number of aliphatic hydroxyl groups is 1. The number of nitrogens with zero attached hydrogens (tertiary/aromatic N) is 1. The predicted octanol–water partition coefficient (Wildman–Crippen LogP) is 2.06. The second-order valence-corrected chi connectivity index (χ2v) is 3.06. The lowest BCUT2D eigenvalue weighted by atomic mass is 10.1. The van der Waals surface area contributed by atoms with Crippen molar-refractivity contribution in [3.63, 3.8) is 0 Å². The Morgan fingerprint density at radius 1 is 1.53 bits per heavy atom. The largest absolute Gasteiger partial charge is 0.507 e. The molecule has 1 rings (SSSR count). The molecule has 0 fully saturated rings. The number of ether oxygens (including phenoxy) is 1. The standard InChI is InChI=1S/C11H11NO5/c1-2-17-11(14)7-10(13)8-5-3-4-6-9(8)12(15)16/h3-7,13H,2H2,1H3. The number of hydrogen-bond acceptors (Lipinski definition) is 5. The molecule has 0 spiro atoms. The Kier molecular flexibility index (Phi) is 4.21. The monoisotopic (exact) mass is 237 g/mol. The van der Waals surface area contributed by atoms with Gasteiger partial charge in [0.25, 0.3) is 5.69 Å². The molecule has 1 aromatic rings. The smallest absolute Gasteiger partial charge is 0.334 e. The third kappa shape index (κ3) is 3.30. The van der Waals surface area contributed by atoms with Crippen LogP contribution in [-0.4, -0.2) is 22.6 Å². The molecule has 0 amide bonds. The first kappa shape index (κ1) is 12.7. The molecule has 6 nitrogen and oxygen atoms in total. The molecule has 0 bridgehead atoms. The molecule has 17 heavy (non-hydrogen) atoms. The minimum absolute atomic E-state index is 0.0226. The Balaban J connectivity index is 3.07. The van der Waals surface area contributed by atoms with Crippen LogP contribution in [0.5, 0.6) is 0 Å². The van der Waals surface area contributed by atoms with Crippen molar-refractivity contribution in [1.29, 1.82) is 0 Å². The summed E-state index contributed by atoms with van der Waals surface area (Å²) in [4.78, 5) is 21.1. The number of para-hydroxylation sites is 1. The summed E-state index contributed by atoms with van der Waals surface area (Å²) in [5.74, 6) is -1.24. The molecular formula is C11H11NO5. The van der Waals surface area contributed by atoms with Crippen molar-refractivity contribution < 1.29 is 19.6 Å². The molecule has 0 heterocycles. The second kappa shape index (κ2) is 5.64. The van der Waals surface area contributed by atoms with E-state index in [0.717, 1.165) is 6.08 Å². The van der Waals surface area contributed by atoms with Crippen LogP contribution in [0.4, 0.5) is 5.69 Å². The normalized spacial score (nSPS) is 11.0. The fraction of sp³-hybridized carbons (Fsp3) is 0.182. The number of aliphatic hydroxyl groups excluding tert-OH is 1. The average molecular weight is 237 g/mol. The molecule has 0 saturated carbocycles. The molecule has 0 aromatic heterocycles. The Morgan fingerprint density at radius 2 is 2.18 bits per heavy atom. The van der Waals surface area contributed by atoms with Crippen LogP contribution in [0.3, 0.4) is 0 Å². The van der Waals surface area contributed by atoms with Crippen LogP contribution in [0.25, 0.3) is 5.76 Å². The third-order valence-electron chi connectivity index (χ3n) is 1.92. The van der Waals surface area contributed by atoms with Gasteiger partial charge in [-0.2, -0.15) is 0 Å². The van der Waals surface area contributed by atoms with Gasteiger partial charge < -0.3 is 9.84 Å². The van der Waals surface area contributed by atoms with Gasteiger partial charge in [0.05, 0.1) is 23.2 Å². The van der Waals surface area contributed by atoms with Gasteiger partial charge in [-0.05, 0) is 13.0 Å². The summed E-state index contributed by atoms with van der Waals surface area (Å²) < 4.78 is 4.59. The van der Waals surface area contributed by atoms with Crippen LogP contribution < -0.4 is 0 Å². The van der Waals surface area contributed by atoms with Crippen LogP contribution in [0, 0.1) is 10.1 Å². The summed E-state index contributed by atoms with van der Waals surface area (Å²) in [6.07, 6.45) is 0.811. The molecule has 0 atom stereocenters. The van der Waals surface area contributed by atoms with Gasteiger partial charge in [-0.1, -0.05) is 12.1 Å². The molecule has 6 heteroatoms. The van der Waals surface area contributed by atoms with Crippen molar-refractivity contribution in [2.24, 2.45) is 0 Å². The van der Waals surface area contributed by atoms with E-state index in [0.29, 0.717) is 0 Å². The lowest BCUT2D eigenvalue weighted by Crippen LogP contribution is -2.02. The molecule has 90 valence electrons. The summed E-state index contributed by atoms with van der Waals surface area (Å²) in [5, 5.41) is 20.3. The highest BCUT2D eigenvalue weighted by atomic mass is 16.6. The fourth-order valence-corrected chi connectivity index (χ4v) is 1.22. The fourth-order valence-electron chi connectivity index (χ4n) is 1.22. The van der Waals surface area contributed by atoms with Gasteiger partial charge in [0.1, 0.15) is 5.76 Å². The zero-order chi connectivity index (χ0) is 12.8. The topological polar surface area (TPSA) is 89.7 Å². The highest BCUT2D eigenvalue weighted by molar-refractivity contribution is 5.90. The first-order chi connectivity index (χ1) is 8.06. The summed E-state index contributed by atoms with van der Waals surface area (Å²) in [6.45, 7) is 1.78. The number of nitro benzene ring substituents is 1. The molecule has 0 radical (unpaired) electrons. The highest BCUT2D eigenvalue weighted by Gasteiger charge is 2.16. The average Bonchev–Trinajstić information content (AvgIpc) is 2.29. The Bertz CT molecular complexity index is 467. The van der Waals surface area contributed by atoms with Gasteiger partial charge in [0.2, 0.25) is 0 Å². The van der Waals surface area contributed by atoms with Crippen molar-refractivity contribution in [1.82, 2.24) is 0 Å². The van der Waals surface area contributed by atoms with Crippen molar-refractivity contribution in [2.45, 2.75) is 6.92 Å². The van der Waals surface area contributed by atoms with E-state index in [-0.39, 0.29) is 17.9 Å². The van der Waals surface area contributed by atoms with Crippen LogP contribution in [-0.2, 0) is 9.53 Å². The van der Waals surface area contributed by atoms with Gasteiger partial charge >= 0.3 is 5.97 Å². The summed E-state index contributed by atoms with van der Waals surface area (Å²) >= 11 is 0. The van der Waals surface area contributed by atoms with Gasteiger partial charge in [-0.3, -0.25) is 10.1 Å². The van der Waals surface area contributed by atoms with Crippen molar-refractivity contribution in [3.8, 4) is 0 Å². The van der Waals surface area contributed by atoms with E-state index < -0.39 is 16.7 Å². The van der Waals surface area contributed by atoms with Crippen LogP contribution in [0.2, 0.25) is 0 Å². The van der Waals surface area contributed by atoms with E-state index in [1.54, 1.807) is 6.92 Å². The molecule has 0 unspecified atom stereocenters. The van der Waals surface area contributed by atoms with Crippen LogP contribution in [0.15, 0.2) is 30.3 Å². The van der Waals surface area contributed by atoms with E-state index in [9.17, 15) is 20.0 Å². The zero-order valence-electron chi connectivity index (χ0n) is 9.12. The molecule has 0 aliphatic carbocycles. The maximum Gasteiger partial charge on any atom is 0.334 e. The maximum absolute atomic E-state index is 11.1. The second-order valence-electron chi connectivity index (χ2n) is 3.06. The number of carbonyl (C=O) groups is 1. The lowest BCUT2D eigenvalue weighted by molar-refractivity contribution is -0.385. The number of esters is 1. The van der Waals surface area contributed by atoms with Gasteiger partial charge in [0, 0.05) is 6.07 Å². The summed E-state index contributed by atoms with van der Waals surface area (Å²) in [6, 6.07) is 5.59. The van der Waals surface area contributed by atoms with E-state index >= 15 is 0 Å². The Morgan fingerprint density at radius 3 is 2.76 bits per heavy atom. The number of hydrogen-bond donors (Lipinski definition) is 1.